The highest BCUT2D eigenvalue weighted by molar-refractivity contribution is 7.89. The first kappa shape index (κ1) is 24.8. The maximum Gasteiger partial charge on any atom is 0.293 e. The number of carbonyl (C=O) groups excluding carboxylic acids is 1. The van der Waals surface area contributed by atoms with Crippen molar-refractivity contribution in [2.24, 2.45) is 5.92 Å². The van der Waals surface area contributed by atoms with E-state index in [0.717, 1.165) is 12.8 Å². The molecule has 0 bridgehead atoms. The number of ether oxygens (including phenoxy) is 1. The van der Waals surface area contributed by atoms with Gasteiger partial charge in [-0.3, -0.25) is 19.8 Å². The predicted molar refractivity (Wildman–Crippen MR) is 126 cm³/mol. The standard InChI is InChI=1S/C22H33N5O6S/c1-18-3-2-6-26(16-18)34(31,32)19-4-5-20(21(15-19)27(29)30)24-9-7-23(8-10-24)17-22(28)25-11-13-33-14-12-25/h4-5,15,18H,2-3,6-14,16-17H2,1H3. The SMILES string of the molecule is CC1CCCN(S(=O)(=O)c2ccc(N3CCN(CC(=O)N4CCOCC4)CC3)c([N+](=O)[O-])c2)C1. The maximum atomic E-state index is 13.1. The highest BCUT2D eigenvalue weighted by Gasteiger charge is 2.32. The number of sulfonamides is 1. The second-order valence-electron chi connectivity index (χ2n) is 9.27. The highest BCUT2D eigenvalue weighted by atomic mass is 32.2. The third-order valence-corrected chi connectivity index (χ3v) is 8.70. The zero-order valence-electron chi connectivity index (χ0n) is 19.6. The van der Waals surface area contributed by atoms with Crippen molar-refractivity contribution in [3.63, 3.8) is 0 Å². The Hall–Kier alpha value is -2.28. The summed E-state index contributed by atoms with van der Waals surface area (Å²) < 4.78 is 32.9. The van der Waals surface area contributed by atoms with Crippen LogP contribution >= 0.6 is 0 Å². The number of benzene rings is 1. The first-order chi connectivity index (χ1) is 16.3. The van der Waals surface area contributed by atoms with E-state index in [1.165, 1.54) is 16.4 Å². The number of rotatable bonds is 6. The number of nitro benzene ring substituents is 1. The third kappa shape index (κ3) is 5.51. The number of piperidine rings is 1. The van der Waals surface area contributed by atoms with Crippen molar-refractivity contribution in [3.8, 4) is 0 Å². The van der Waals surface area contributed by atoms with Crippen molar-refractivity contribution in [1.82, 2.24) is 14.1 Å². The fraction of sp³-hybridized carbons (Fsp3) is 0.682. The molecule has 1 unspecified atom stereocenters. The lowest BCUT2D eigenvalue weighted by molar-refractivity contribution is -0.384. The Morgan fingerprint density at radius 2 is 1.82 bits per heavy atom. The van der Waals surface area contributed by atoms with Crippen molar-refractivity contribution in [2.45, 2.75) is 24.7 Å². The molecule has 0 aliphatic carbocycles. The number of carbonyl (C=O) groups is 1. The van der Waals surface area contributed by atoms with Gasteiger partial charge in [0.15, 0.2) is 0 Å². The van der Waals surface area contributed by atoms with Gasteiger partial charge in [-0.25, -0.2) is 8.42 Å². The molecule has 1 aromatic carbocycles. The van der Waals surface area contributed by atoms with E-state index >= 15 is 0 Å². The molecule has 1 aromatic rings. The zero-order valence-corrected chi connectivity index (χ0v) is 20.4. The number of anilines is 1. The molecule has 3 aliphatic heterocycles. The van der Waals surface area contributed by atoms with E-state index in [2.05, 4.69) is 4.90 Å². The fourth-order valence-electron chi connectivity index (χ4n) is 4.84. The van der Waals surface area contributed by atoms with Crippen LogP contribution < -0.4 is 4.90 Å². The molecule has 0 saturated carbocycles. The number of amides is 1. The summed E-state index contributed by atoms with van der Waals surface area (Å²) in [5, 5.41) is 11.9. The number of nitrogens with zero attached hydrogens (tertiary/aromatic N) is 5. The van der Waals surface area contributed by atoms with Crippen molar-refractivity contribution in [1.29, 1.82) is 0 Å². The molecule has 1 amide bonds. The second-order valence-corrected chi connectivity index (χ2v) is 11.2. The molecule has 0 N–H and O–H groups in total. The molecule has 1 atom stereocenters. The quantitative estimate of drug-likeness (QED) is 0.424. The first-order valence-electron chi connectivity index (χ1n) is 11.9. The van der Waals surface area contributed by atoms with Crippen LogP contribution in [0.15, 0.2) is 23.1 Å². The second kappa shape index (κ2) is 10.5. The van der Waals surface area contributed by atoms with Gasteiger partial charge in [0.2, 0.25) is 15.9 Å². The van der Waals surface area contributed by atoms with Gasteiger partial charge < -0.3 is 14.5 Å². The lowest BCUT2D eigenvalue weighted by Crippen LogP contribution is -2.51. The van der Waals surface area contributed by atoms with Gasteiger partial charge in [-0.15, -0.1) is 0 Å². The summed E-state index contributed by atoms with van der Waals surface area (Å²) in [5.74, 6) is 0.341. The third-order valence-electron chi connectivity index (χ3n) is 6.84. The monoisotopic (exact) mass is 495 g/mol. The number of morpholine rings is 1. The van der Waals surface area contributed by atoms with Crippen molar-refractivity contribution in [3.05, 3.63) is 28.3 Å². The highest BCUT2D eigenvalue weighted by Crippen LogP contribution is 2.33. The van der Waals surface area contributed by atoms with Crippen LogP contribution in [0.1, 0.15) is 19.8 Å². The number of hydrogen-bond donors (Lipinski definition) is 0. The summed E-state index contributed by atoms with van der Waals surface area (Å²) in [6.45, 7) is 7.78. The molecule has 3 aliphatic rings. The van der Waals surface area contributed by atoms with Crippen LogP contribution in [0.2, 0.25) is 0 Å². The topological polar surface area (TPSA) is 117 Å². The molecule has 3 heterocycles. The Morgan fingerprint density at radius 1 is 1.12 bits per heavy atom. The molecule has 3 fully saturated rings. The van der Waals surface area contributed by atoms with E-state index < -0.39 is 14.9 Å². The van der Waals surface area contributed by atoms with Crippen LogP contribution in [0.3, 0.4) is 0 Å². The van der Waals surface area contributed by atoms with Gasteiger partial charge in [-0.05, 0) is 30.9 Å². The Kier molecular flexibility index (Phi) is 7.70. The molecular weight excluding hydrogens is 462 g/mol. The van der Waals surface area contributed by atoms with E-state index in [0.29, 0.717) is 77.8 Å². The van der Waals surface area contributed by atoms with E-state index in [-0.39, 0.29) is 22.4 Å². The van der Waals surface area contributed by atoms with Crippen molar-refractivity contribution < 1.29 is 22.9 Å². The summed E-state index contributed by atoms with van der Waals surface area (Å²) in [4.78, 5) is 29.6. The van der Waals surface area contributed by atoms with E-state index in [1.807, 2.05) is 16.7 Å². The molecule has 0 aromatic heterocycles. The van der Waals surface area contributed by atoms with Crippen molar-refractivity contribution in [2.75, 3.05) is 77.0 Å². The average molecular weight is 496 g/mol. The molecule has 188 valence electrons. The fourth-order valence-corrected chi connectivity index (χ4v) is 6.46. The number of hydrogen-bond acceptors (Lipinski definition) is 8. The van der Waals surface area contributed by atoms with Gasteiger partial charge >= 0.3 is 0 Å². The number of piperazine rings is 1. The van der Waals surface area contributed by atoms with Crippen LogP contribution in [-0.4, -0.2) is 105 Å². The molecular formula is C22H33N5O6S. The summed E-state index contributed by atoms with van der Waals surface area (Å²) >= 11 is 0. The molecule has 3 saturated heterocycles. The van der Waals surface area contributed by atoms with Gasteiger partial charge in [-0.1, -0.05) is 6.92 Å². The minimum atomic E-state index is -3.78. The van der Waals surface area contributed by atoms with E-state index in [4.69, 9.17) is 4.74 Å². The smallest absolute Gasteiger partial charge is 0.293 e. The molecule has 34 heavy (non-hydrogen) atoms. The first-order valence-corrected chi connectivity index (χ1v) is 13.3. The molecule has 11 nitrogen and oxygen atoms in total. The minimum Gasteiger partial charge on any atom is -0.378 e. The Labute approximate surface area is 200 Å². The summed E-state index contributed by atoms with van der Waals surface area (Å²) in [7, 11) is -3.78. The van der Waals surface area contributed by atoms with Gasteiger partial charge in [-0.2, -0.15) is 4.31 Å². The van der Waals surface area contributed by atoms with Crippen LogP contribution in [-0.2, 0) is 19.6 Å². The van der Waals surface area contributed by atoms with Gasteiger partial charge in [0.25, 0.3) is 5.69 Å². The predicted octanol–water partition coefficient (Wildman–Crippen LogP) is 0.996. The Morgan fingerprint density at radius 3 is 2.47 bits per heavy atom. The van der Waals surface area contributed by atoms with Gasteiger partial charge in [0.1, 0.15) is 5.69 Å². The van der Waals surface area contributed by atoms with E-state index in [1.54, 1.807) is 6.07 Å². The summed E-state index contributed by atoms with van der Waals surface area (Å²) in [6.07, 6.45) is 1.77. The van der Waals surface area contributed by atoms with Crippen molar-refractivity contribution >= 4 is 27.3 Å². The largest absolute Gasteiger partial charge is 0.378 e. The molecule has 12 heteroatoms. The molecule has 0 radical (unpaired) electrons. The molecule has 4 rings (SSSR count). The van der Waals surface area contributed by atoms with Crippen LogP contribution in [0.25, 0.3) is 0 Å². The Balaban J connectivity index is 1.43. The van der Waals surface area contributed by atoms with Gasteiger partial charge in [0, 0.05) is 58.4 Å². The zero-order chi connectivity index (χ0) is 24.3. The minimum absolute atomic E-state index is 0.0354. The van der Waals surface area contributed by atoms with Crippen LogP contribution in [0, 0.1) is 16.0 Å². The molecule has 0 spiro atoms. The normalized spacial score (nSPS) is 23.1. The van der Waals surface area contributed by atoms with Crippen LogP contribution in [0.4, 0.5) is 11.4 Å². The average Bonchev–Trinajstić information content (AvgIpc) is 2.84. The van der Waals surface area contributed by atoms with Crippen LogP contribution in [0.5, 0.6) is 0 Å². The lowest BCUT2D eigenvalue weighted by Gasteiger charge is -2.37. The summed E-state index contributed by atoms with van der Waals surface area (Å²) in [6, 6.07) is 4.22. The Bertz CT molecular complexity index is 1010. The van der Waals surface area contributed by atoms with E-state index in [9.17, 15) is 23.3 Å². The van der Waals surface area contributed by atoms with Gasteiger partial charge in [0.05, 0.1) is 29.6 Å². The maximum absolute atomic E-state index is 13.1. The lowest BCUT2D eigenvalue weighted by atomic mass is 10.0. The number of nitro groups is 1. The summed E-state index contributed by atoms with van der Waals surface area (Å²) in [5.41, 5.74) is 0.207.